The van der Waals surface area contributed by atoms with E-state index in [9.17, 15) is 9.59 Å². The van der Waals surface area contributed by atoms with Gasteiger partial charge in [-0.3, -0.25) is 9.59 Å². The number of nitrogens with one attached hydrogen (secondary N) is 1. The molecule has 2 amide bonds. The molecule has 0 saturated heterocycles. The van der Waals surface area contributed by atoms with E-state index in [0.29, 0.717) is 13.1 Å². The monoisotopic (exact) mass is 406 g/mol. The quantitative estimate of drug-likeness (QED) is 0.656. The summed E-state index contributed by atoms with van der Waals surface area (Å²) in [6.07, 6.45) is 0.458. The predicted molar refractivity (Wildman–Crippen MR) is 119 cm³/mol. The Morgan fingerprint density at radius 2 is 1.70 bits per heavy atom. The summed E-state index contributed by atoms with van der Waals surface area (Å²) in [6, 6.07) is 19.6. The Kier molecular flexibility index (Phi) is 9.04. The molecule has 0 heterocycles. The highest BCUT2D eigenvalue weighted by Gasteiger charge is 2.18. The van der Waals surface area contributed by atoms with Crippen LogP contribution in [-0.4, -0.2) is 43.9 Å². The summed E-state index contributed by atoms with van der Waals surface area (Å²) >= 11 is 0. The molecule has 158 valence electrons. The number of rotatable bonds is 10. The molecule has 0 bridgehead atoms. The maximum atomic E-state index is 12.7. The van der Waals surface area contributed by atoms with E-state index in [1.807, 2.05) is 51.4 Å². The van der Waals surface area contributed by atoms with E-state index < -0.39 is 0 Å². The van der Waals surface area contributed by atoms with E-state index in [2.05, 4.69) is 40.6 Å². The smallest absolute Gasteiger partial charge is 0.227 e. The van der Waals surface area contributed by atoms with E-state index in [1.165, 1.54) is 5.56 Å². The van der Waals surface area contributed by atoms with Crippen molar-refractivity contribution < 1.29 is 9.59 Å². The van der Waals surface area contributed by atoms with Crippen molar-refractivity contribution in [1.29, 1.82) is 5.26 Å². The van der Waals surface area contributed by atoms with Gasteiger partial charge in [0, 0.05) is 31.6 Å². The van der Waals surface area contributed by atoms with Crippen molar-refractivity contribution in [3.8, 4) is 6.07 Å². The number of anilines is 1. The van der Waals surface area contributed by atoms with Gasteiger partial charge in [0.15, 0.2) is 0 Å². The number of amides is 2. The molecule has 0 aromatic heterocycles. The number of carbonyl (C=O) groups is 2. The van der Waals surface area contributed by atoms with E-state index in [1.54, 1.807) is 4.90 Å². The molecule has 6 heteroatoms. The highest BCUT2D eigenvalue weighted by atomic mass is 16.2. The van der Waals surface area contributed by atoms with Crippen LogP contribution in [0.15, 0.2) is 54.6 Å². The minimum Gasteiger partial charge on any atom is -0.354 e. The number of aryl methyl sites for hydroxylation is 1. The number of nitriles is 1. The van der Waals surface area contributed by atoms with Crippen molar-refractivity contribution in [2.75, 3.05) is 32.1 Å². The van der Waals surface area contributed by atoms with Crippen LogP contribution >= 0.6 is 0 Å². The lowest BCUT2D eigenvalue weighted by atomic mass is 10.0. The second-order valence-electron chi connectivity index (χ2n) is 7.48. The zero-order chi connectivity index (χ0) is 21.9. The fourth-order valence-corrected chi connectivity index (χ4v) is 3.21. The third kappa shape index (κ3) is 7.02. The molecule has 0 radical (unpaired) electrons. The molecule has 6 nitrogen and oxygen atoms in total. The van der Waals surface area contributed by atoms with Gasteiger partial charge in [-0.15, -0.1) is 0 Å². The molecule has 1 unspecified atom stereocenters. The van der Waals surface area contributed by atoms with E-state index in [-0.39, 0.29) is 37.1 Å². The summed E-state index contributed by atoms with van der Waals surface area (Å²) in [6.45, 7) is 2.83. The zero-order valence-electron chi connectivity index (χ0n) is 18.0. The summed E-state index contributed by atoms with van der Waals surface area (Å²) in [5, 5.41) is 11.8. The molecular weight excluding hydrogens is 376 g/mol. The fourth-order valence-electron chi connectivity index (χ4n) is 3.21. The molecule has 30 heavy (non-hydrogen) atoms. The average molecular weight is 407 g/mol. The lowest BCUT2D eigenvalue weighted by Crippen LogP contribution is -2.36. The van der Waals surface area contributed by atoms with Crippen molar-refractivity contribution in [2.45, 2.75) is 32.2 Å². The van der Waals surface area contributed by atoms with E-state index in [4.69, 9.17) is 5.26 Å². The van der Waals surface area contributed by atoms with Crippen LogP contribution in [-0.2, 0) is 9.59 Å². The molecule has 0 aliphatic rings. The Hall–Kier alpha value is -3.17. The molecule has 2 aromatic rings. The SMILES string of the molecule is Cc1ccc(C(CNC(=O)CCC(=O)N(CCC#N)c2ccccc2)N(C)C)cc1. The maximum absolute atomic E-state index is 12.7. The largest absolute Gasteiger partial charge is 0.354 e. The molecule has 0 fully saturated rings. The second-order valence-corrected chi connectivity index (χ2v) is 7.48. The normalized spacial score (nSPS) is 11.6. The van der Waals surface area contributed by atoms with Gasteiger partial charge in [-0.25, -0.2) is 0 Å². The molecule has 0 aliphatic heterocycles. The maximum Gasteiger partial charge on any atom is 0.227 e. The Bertz CT molecular complexity index is 857. The van der Waals surface area contributed by atoms with Crippen molar-refractivity contribution in [1.82, 2.24) is 10.2 Å². The number of para-hydroxylation sites is 1. The van der Waals surface area contributed by atoms with Crippen LogP contribution in [0.25, 0.3) is 0 Å². The van der Waals surface area contributed by atoms with Crippen LogP contribution in [0.1, 0.15) is 36.4 Å². The minimum absolute atomic E-state index is 0.0571. The first-order valence-electron chi connectivity index (χ1n) is 10.1. The summed E-state index contributed by atoms with van der Waals surface area (Å²) in [5.41, 5.74) is 3.07. The fraction of sp³-hybridized carbons (Fsp3) is 0.375. The topological polar surface area (TPSA) is 76.4 Å². The molecule has 0 aliphatic carbocycles. The second kappa shape index (κ2) is 11.7. The molecule has 1 N–H and O–H groups in total. The number of hydrogen-bond donors (Lipinski definition) is 1. The van der Waals surface area contributed by atoms with Gasteiger partial charge in [0.05, 0.1) is 18.5 Å². The lowest BCUT2D eigenvalue weighted by molar-refractivity contribution is -0.125. The molecule has 2 aromatic carbocycles. The van der Waals surface area contributed by atoms with Gasteiger partial charge in [0.2, 0.25) is 11.8 Å². The summed E-state index contributed by atoms with van der Waals surface area (Å²) < 4.78 is 0. The standard InChI is InChI=1S/C24H30N4O2/c1-19-10-12-20(13-11-19)22(27(2)3)18-26-23(29)14-15-24(30)28(17-7-16-25)21-8-5-4-6-9-21/h4-6,8-13,22H,7,14-15,17-18H2,1-3H3,(H,26,29). The Labute approximate surface area is 179 Å². The van der Waals surface area contributed by atoms with Crippen LogP contribution in [0.3, 0.4) is 0 Å². The first kappa shape index (κ1) is 23.1. The number of carbonyl (C=O) groups excluding carboxylic acids is 2. The van der Waals surface area contributed by atoms with Gasteiger partial charge in [0.1, 0.15) is 0 Å². The zero-order valence-corrected chi connectivity index (χ0v) is 18.0. The van der Waals surface area contributed by atoms with E-state index in [0.717, 1.165) is 11.3 Å². The van der Waals surface area contributed by atoms with Gasteiger partial charge in [-0.05, 0) is 38.7 Å². The first-order chi connectivity index (χ1) is 14.4. The van der Waals surface area contributed by atoms with Crippen molar-refractivity contribution in [3.63, 3.8) is 0 Å². The molecule has 0 spiro atoms. The van der Waals surface area contributed by atoms with Gasteiger partial charge in [-0.2, -0.15) is 5.26 Å². The third-order valence-electron chi connectivity index (χ3n) is 4.96. The molecule has 0 saturated carbocycles. The van der Waals surface area contributed by atoms with Gasteiger partial charge in [-0.1, -0.05) is 48.0 Å². The van der Waals surface area contributed by atoms with Crippen LogP contribution in [0.5, 0.6) is 0 Å². The number of nitrogens with zero attached hydrogens (tertiary/aromatic N) is 3. The molecular formula is C24H30N4O2. The summed E-state index contributed by atoms with van der Waals surface area (Å²) in [7, 11) is 3.96. The van der Waals surface area contributed by atoms with Crippen LogP contribution < -0.4 is 10.2 Å². The average Bonchev–Trinajstić information content (AvgIpc) is 2.74. The van der Waals surface area contributed by atoms with Crippen LogP contribution in [0.4, 0.5) is 5.69 Å². The van der Waals surface area contributed by atoms with E-state index >= 15 is 0 Å². The van der Waals surface area contributed by atoms with Gasteiger partial charge < -0.3 is 15.1 Å². The summed E-state index contributed by atoms with van der Waals surface area (Å²) in [5.74, 6) is -0.315. The van der Waals surface area contributed by atoms with Gasteiger partial charge in [0.25, 0.3) is 0 Å². The number of likely N-dealkylation sites (N-methyl/N-ethyl adjacent to an activating group) is 1. The first-order valence-corrected chi connectivity index (χ1v) is 10.1. The minimum atomic E-state index is -0.158. The number of hydrogen-bond acceptors (Lipinski definition) is 4. The molecule has 1 atom stereocenters. The van der Waals surface area contributed by atoms with Crippen LogP contribution in [0.2, 0.25) is 0 Å². The van der Waals surface area contributed by atoms with Crippen molar-refractivity contribution in [2.24, 2.45) is 0 Å². The number of benzene rings is 2. The highest BCUT2D eigenvalue weighted by Crippen LogP contribution is 2.18. The highest BCUT2D eigenvalue weighted by molar-refractivity contribution is 5.95. The Morgan fingerprint density at radius 1 is 1.03 bits per heavy atom. The van der Waals surface area contributed by atoms with Crippen molar-refractivity contribution >= 4 is 17.5 Å². The van der Waals surface area contributed by atoms with Crippen LogP contribution in [0, 0.1) is 18.3 Å². The van der Waals surface area contributed by atoms with Gasteiger partial charge >= 0.3 is 0 Å². The summed E-state index contributed by atoms with van der Waals surface area (Å²) in [4.78, 5) is 28.7. The third-order valence-corrected chi connectivity index (χ3v) is 4.96. The Balaban J connectivity index is 1.91. The lowest BCUT2D eigenvalue weighted by Gasteiger charge is -2.25. The Morgan fingerprint density at radius 3 is 2.30 bits per heavy atom. The predicted octanol–water partition coefficient (Wildman–Crippen LogP) is 3.44. The van der Waals surface area contributed by atoms with Crippen molar-refractivity contribution in [3.05, 3.63) is 65.7 Å². The molecule has 2 rings (SSSR count).